The second kappa shape index (κ2) is 11.0. The molecule has 0 radical (unpaired) electrons. The third-order valence-electron chi connectivity index (χ3n) is 5.33. The molecule has 0 bridgehead atoms. The Balaban J connectivity index is 1.70. The van der Waals surface area contributed by atoms with Gasteiger partial charge in [-0.15, -0.1) is 10.2 Å². The fourth-order valence-corrected chi connectivity index (χ4v) is 4.41. The monoisotopic (exact) mass is 491 g/mol. The molecule has 0 aliphatic heterocycles. The average Bonchev–Trinajstić information content (AvgIpc) is 3.35. The summed E-state index contributed by atoms with van der Waals surface area (Å²) in [6.45, 7) is 0. The minimum absolute atomic E-state index is 0.0994. The highest BCUT2D eigenvalue weighted by Crippen LogP contribution is 2.34. The molecular formula is C26H25N3O5S. The number of thioether (sulfide) groups is 1. The number of ether oxygens (including phenoxy) is 4. The fraction of sp³-hybridized carbons (Fsp3) is 0.192. The van der Waals surface area contributed by atoms with Crippen molar-refractivity contribution >= 4 is 17.5 Å². The Labute approximate surface area is 207 Å². The van der Waals surface area contributed by atoms with E-state index in [0.717, 1.165) is 11.3 Å². The van der Waals surface area contributed by atoms with E-state index in [1.54, 1.807) is 39.5 Å². The van der Waals surface area contributed by atoms with Gasteiger partial charge in [-0.3, -0.25) is 9.36 Å². The van der Waals surface area contributed by atoms with Crippen LogP contribution in [0.3, 0.4) is 0 Å². The molecule has 0 amide bonds. The number of hydrogen-bond donors (Lipinski definition) is 0. The van der Waals surface area contributed by atoms with E-state index in [2.05, 4.69) is 10.2 Å². The standard InChI is InChI=1S/C26H25N3O5S/c1-31-19-11-12-20(23(15-19)33-3)21(30)16-35-26-28-27-25(17-8-6-5-7-9-17)29(26)18-10-13-22(32-2)24(14-18)34-4/h5-15H,16H2,1-4H3. The lowest BCUT2D eigenvalue weighted by molar-refractivity contribution is 0.101. The van der Waals surface area contributed by atoms with Crippen molar-refractivity contribution in [2.75, 3.05) is 34.2 Å². The van der Waals surface area contributed by atoms with Gasteiger partial charge < -0.3 is 18.9 Å². The molecule has 1 heterocycles. The van der Waals surface area contributed by atoms with E-state index in [9.17, 15) is 4.79 Å². The third-order valence-corrected chi connectivity index (χ3v) is 6.26. The second-order valence-corrected chi connectivity index (χ2v) is 8.27. The number of Topliss-reactive ketones (excluding diaryl/α,β-unsaturated/α-hetero) is 1. The number of carbonyl (C=O) groups is 1. The number of nitrogens with zero attached hydrogens (tertiary/aromatic N) is 3. The van der Waals surface area contributed by atoms with Crippen molar-refractivity contribution in [3.05, 3.63) is 72.3 Å². The molecule has 8 nitrogen and oxygen atoms in total. The van der Waals surface area contributed by atoms with Gasteiger partial charge in [0.2, 0.25) is 0 Å². The number of ketones is 1. The summed E-state index contributed by atoms with van der Waals surface area (Å²) in [6, 6.07) is 20.5. The van der Waals surface area contributed by atoms with Gasteiger partial charge in [-0.2, -0.15) is 0 Å². The van der Waals surface area contributed by atoms with Crippen LogP contribution in [0.2, 0.25) is 0 Å². The van der Waals surface area contributed by atoms with E-state index < -0.39 is 0 Å². The van der Waals surface area contributed by atoms with Crippen LogP contribution in [-0.2, 0) is 0 Å². The van der Waals surface area contributed by atoms with Crippen molar-refractivity contribution in [1.82, 2.24) is 14.8 Å². The third kappa shape index (κ3) is 5.09. The van der Waals surface area contributed by atoms with Gasteiger partial charge in [0, 0.05) is 17.7 Å². The summed E-state index contributed by atoms with van der Waals surface area (Å²) < 4.78 is 23.4. The zero-order valence-corrected chi connectivity index (χ0v) is 20.7. The van der Waals surface area contributed by atoms with Crippen LogP contribution in [0.1, 0.15) is 10.4 Å². The Morgan fingerprint density at radius 1 is 0.800 bits per heavy atom. The number of benzene rings is 3. The molecule has 0 fully saturated rings. The van der Waals surface area contributed by atoms with Gasteiger partial charge in [0.15, 0.2) is 28.3 Å². The molecule has 35 heavy (non-hydrogen) atoms. The molecule has 0 atom stereocenters. The summed E-state index contributed by atoms with van der Waals surface area (Å²) in [5.74, 6) is 2.96. The molecule has 180 valence electrons. The van der Waals surface area contributed by atoms with Crippen molar-refractivity contribution in [3.8, 4) is 40.1 Å². The van der Waals surface area contributed by atoms with E-state index in [4.69, 9.17) is 18.9 Å². The quantitative estimate of drug-likeness (QED) is 0.228. The summed E-state index contributed by atoms with van der Waals surface area (Å²) in [4.78, 5) is 13.1. The van der Waals surface area contributed by atoms with Crippen molar-refractivity contribution in [2.24, 2.45) is 0 Å². The summed E-state index contributed by atoms with van der Waals surface area (Å²) >= 11 is 1.29. The maximum atomic E-state index is 13.1. The molecule has 3 aromatic carbocycles. The maximum absolute atomic E-state index is 13.1. The molecule has 4 rings (SSSR count). The first-order valence-electron chi connectivity index (χ1n) is 10.7. The average molecular weight is 492 g/mol. The second-order valence-electron chi connectivity index (χ2n) is 7.32. The molecule has 1 aromatic heterocycles. The Morgan fingerprint density at radius 3 is 2.23 bits per heavy atom. The van der Waals surface area contributed by atoms with Crippen LogP contribution in [0.5, 0.6) is 23.0 Å². The Kier molecular flexibility index (Phi) is 7.57. The van der Waals surface area contributed by atoms with Crippen molar-refractivity contribution in [1.29, 1.82) is 0 Å². The van der Waals surface area contributed by atoms with Crippen LogP contribution < -0.4 is 18.9 Å². The van der Waals surface area contributed by atoms with E-state index >= 15 is 0 Å². The molecule has 0 saturated carbocycles. The zero-order valence-electron chi connectivity index (χ0n) is 19.8. The molecule has 4 aromatic rings. The summed E-state index contributed by atoms with van der Waals surface area (Å²) in [6.07, 6.45) is 0. The predicted molar refractivity (Wildman–Crippen MR) is 134 cm³/mol. The predicted octanol–water partition coefficient (Wildman–Crippen LogP) is 4.94. The Hall–Kier alpha value is -3.98. The molecule has 9 heteroatoms. The normalized spacial score (nSPS) is 10.6. The smallest absolute Gasteiger partial charge is 0.196 e. The maximum Gasteiger partial charge on any atom is 0.196 e. The van der Waals surface area contributed by atoms with Crippen LogP contribution in [0, 0.1) is 0 Å². The van der Waals surface area contributed by atoms with Crippen molar-refractivity contribution in [3.63, 3.8) is 0 Å². The lowest BCUT2D eigenvalue weighted by atomic mass is 10.1. The highest BCUT2D eigenvalue weighted by atomic mass is 32.2. The van der Waals surface area contributed by atoms with Crippen molar-refractivity contribution < 1.29 is 23.7 Å². The van der Waals surface area contributed by atoms with Crippen LogP contribution in [0.4, 0.5) is 0 Å². The highest BCUT2D eigenvalue weighted by molar-refractivity contribution is 7.99. The van der Waals surface area contributed by atoms with Crippen LogP contribution in [0.15, 0.2) is 71.9 Å². The van der Waals surface area contributed by atoms with E-state index in [-0.39, 0.29) is 11.5 Å². The Morgan fingerprint density at radius 2 is 1.54 bits per heavy atom. The highest BCUT2D eigenvalue weighted by Gasteiger charge is 2.20. The first kappa shape index (κ1) is 24.2. The van der Waals surface area contributed by atoms with Crippen LogP contribution in [-0.4, -0.2) is 54.7 Å². The van der Waals surface area contributed by atoms with Gasteiger partial charge in [0.25, 0.3) is 0 Å². The SMILES string of the molecule is COc1ccc(C(=O)CSc2nnc(-c3ccccc3)n2-c2ccc(OC)c(OC)c2)c(OC)c1. The fourth-order valence-electron chi connectivity index (χ4n) is 3.57. The lowest BCUT2D eigenvalue weighted by Gasteiger charge is -2.14. The van der Waals surface area contributed by atoms with Gasteiger partial charge in [-0.1, -0.05) is 42.1 Å². The Bertz CT molecular complexity index is 1320. The summed E-state index contributed by atoms with van der Waals surface area (Å²) in [7, 11) is 6.27. The van der Waals surface area contributed by atoms with Gasteiger partial charge in [0.05, 0.1) is 45.4 Å². The van der Waals surface area contributed by atoms with E-state index in [0.29, 0.717) is 39.5 Å². The summed E-state index contributed by atoms with van der Waals surface area (Å²) in [5.41, 5.74) is 2.15. The number of methoxy groups -OCH3 is 4. The van der Waals surface area contributed by atoms with Crippen LogP contribution in [0.25, 0.3) is 17.1 Å². The molecule has 0 spiro atoms. The largest absolute Gasteiger partial charge is 0.497 e. The van der Waals surface area contributed by atoms with Gasteiger partial charge in [0.1, 0.15) is 11.5 Å². The van der Waals surface area contributed by atoms with Gasteiger partial charge in [-0.25, -0.2) is 0 Å². The number of rotatable bonds is 10. The van der Waals surface area contributed by atoms with Gasteiger partial charge in [-0.05, 0) is 24.3 Å². The molecule has 0 aliphatic carbocycles. The molecule has 0 aliphatic rings. The van der Waals surface area contributed by atoms with Gasteiger partial charge >= 0.3 is 0 Å². The first-order valence-corrected chi connectivity index (χ1v) is 11.7. The summed E-state index contributed by atoms with van der Waals surface area (Å²) in [5, 5.41) is 9.41. The van der Waals surface area contributed by atoms with Crippen molar-refractivity contribution in [2.45, 2.75) is 5.16 Å². The molecule has 0 saturated heterocycles. The number of hydrogen-bond acceptors (Lipinski definition) is 8. The lowest BCUT2D eigenvalue weighted by Crippen LogP contribution is -2.07. The van der Waals surface area contributed by atoms with Crippen LogP contribution >= 0.6 is 11.8 Å². The molecule has 0 N–H and O–H groups in total. The minimum atomic E-state index is -0.0994. The minimum Gasteiger partial charge on any atom is -0.497 e. The number of carbonyl (C=O) groups excluding carboxylic acids is 1. The topological polar surface area (TPSA) is 84.7 Å². The van der Waals surface area contributed by atoms with E-state index in [1.807, 2.05) is 53.1 Å². The zero-order chi connectivity index (χ0) is 24.8. The number of aromatic nitrogens is 3. The molecular weight excluding hydrogens is 466 g/mol. The van der Waals surface area contributed by atoms with E-state index in [1.165, 1.54) is 18.9 Å². The first-order chi connectivity index (χ1) is 17.1. The molecule has 0 unspecified atom stereocenters.